The second kappa shape index (κ2) is 6.06. The van der Waals surface area contributed by atoms with Crippen LogP contribution in [-0.4, -0.2) is 38.8 Å². The first-order chi connectivity index (χ1) is 9.13. The van der Waals surface area contributed by atoms with E-state index in [1.54, 1.807) is 6.07 Å². The molecule has 0 aromatic heterocycles. The molecule has 4 nitrogen and oxygen atoms in total. The van der Waals surface area contributed by atoms with Crippen LogP contribution in [0.1, 0.15) is 24.2 Å². The molecule has 0 spiro atoms. The number of piperazine rings is 1. The van der Waals surface area contributed by atoms with Crippen LogP contribution in [0.15, 0.2) is 24.3 Å². The van der Waals surface area contributed by atoms with Crippen LogP contribution >= 0.6 is 0 Å². The van der Waals surface area contributed by atoms with E-state index in [1.165, 1.54) is 7.11 Å². The van der Waals surface area contributed by atoms with Crippen LogP contribution in [0.3, 0.4) is 0 Å². The van der Waals surface area contributed by atoms with Crippen molar-refractivity contribution in [2.45, 2.75) is 19.9 Å². The van der Waals surface area contributed by atoms with Crippen molar-refractivity contribution in [2.75, 3.05) is 31.6 Å². The van der Waals surface area contributed by atoms with Gasteiger partial charge in [0, 0.05) is 31.4 Å². The Labute approximate surface area is 114 Å². The lowest BCUT2D eigenvalue weighted by atomic mass is 9.99. The van der Waals surface area contributed by atoms with Gasteiger partial charge in [-0.05, 0) is 24.1 Å². The number of anilines is 1. The average molecular weight is 262 g/mol. The van der Waals surface area contributed by atoms with E-state index in [9.17, 15) is 4.79 Å². The van der Waals surface area contributed by atoms with Crippen molar-refractivity contribution in [3.63, 3.8) is 0 Å². The van der Waals surface area contributed by atoms with Gasteiger partial charge in [-0.25, -0.2) is 4.79 Å². The lowest BCUT2D eigenvalue weighted by molar-refractivity contribution is 0.0601. The summed E-state index contributed by atoms with van der Waals surface area (Å²) in [6.45, 7) is 7.39. The van der Waals surface area contributed by atoms with Crippen LogP contribution in [0.5, 0.6) is 0 Å². The van der Waals surface area contributed by atoms with Crippen molar-refractivity contribution in [2.24, 2.45) is 5.92 Å². The first kappa shape index (κ1) is 13.9. The lowest BCUT2D eigenvalue weighted by Gasteiger charge is -2.40. The van der Waals surface area contributed by atoms with Gasteiger partial charge in [0.2, 0.25) is 0 Å². The molecular formula is C15H22N2O2. The molecule has 1 N–H and O–H groups in total. The van der Waals surface area contributed by atoms with E-state index in [1.807, 2.05) is 12.1 Å². The van der Waals surface area contributed by atoms with Gasteiger partial charge in [0.1, 0.15) is 0 Å². The minimum absolute atomic E-state index is 0.280. The summed E-state index contributed by atoms with van der Waals surface area (Å²) in [6.07, 6.45) is 0. The highest BCUT2D eigenvalue weighted by atomic mass is 16.5. The van der Waals surface area contributed by atoms with Gasteiger partial charge in [0.15, 0.2) is 0 Å². The van der Waals surface area contributed by atoms with Gasteiger partial charge in [-0.3, -0.25) is 0 Å². The number of benzene rings is 1. The number of nitrogens with zero attached hydrogens (tertiary/aromatic N) is 1. The van der Waals surface area contributed by atoms with Crippen LogP contribution in [0.25, 0.3) is 0 Å². The predicted molar refractivity (Wildman–Crippen MR) is 76.6 cm³/mol. The van der Waals surface area contributed by atoms with Crippen molar-refractivity contribution >= 4 is 11.7 Å². The van der Waals surface area contributed by atoms with Gasteiger partial charge in [0.05, 0.1) is 12.7 Å². The molecule has 0 aliphatic carbocycles. The summed E-state index contributed by atoms with van der Waals surface area (Å²) >= 11 is 0. The summed E-state index contributed by atoms with van der Waals surface area (Å²) in [7, 11) is 1.41. The summed E-state index contributed by atoms with van der Waals surface area (Å²) in [5.41, 5.74) is 1.71. The summed E-state index contributed by atoms with van der Waals surface area (Å²) in [5, 5.41) is 3.43. The number of nitrogens with one attached hydrogen (secondary N) is 1. The highest BCUT2D eigenvalue weighted by Gasteiger charge is 2.25. The topological polar surface area (TPSA) is 41.6 Å². The number of esters is 1. The molecule has 1 aliphatic heterocycles. The monoisotopic (exact) mass is 262 g/mol. The molecule has 1 heterocycles. The first-order valence-corrected chi connectivity index (χ1v) is 6.79. The summed E-state index contributed by atoms with van der Waals surface area (Å²) in [4.78, 5) is 14.0. The number of methoxy groups -OCH3 is 1. The minimum atomic E-state index is -0.280. The van der Waals surface area contributed by atoms with Gasteiger partial charge in [-0.1, -0.05) is 19.9 Å². The second-order valence-corrected chi connectivity index (χ2v) is 5.25. The molecule has 0 amide bonds. The van der Waals surface area contributed by atoms with E-state index in [2.05, 4.69) is 30.1 Å². The third-order valence-corrected chi connectivity index (χ3v) is 3.65. The normalized spacial score (nSPS) is 19.6. The second-order valence-electron chi connectivity index (χ2n) is 5.25. The Morgan fingerprint density at radius 1 is 1.47 bits per heavy atom. The van der Waals surface area contributed by atoms with Crippen molar-refractivity contribution in [3.05, 3.63) is 29.8 Å². The van der Waals surface area contributed by atoms with Crippen LogP contribution in [0, 0.1) is 5.92 Å². The summed E-state index contributed by atoms with van der Waals surface area (Å²) in [6, 6.07) is 8.16. The molecule has 1 saturated heterocycles. The van der Waals surface area contributed by atoms with E-state index < -0.39 is 0 Å². The molecule has 104 valence electrons. The molecule has 2 rings (SSSR count). The number of hydrogen-bond donors (Lipinski definition) is 1. The van der Waals surface area contributed by atoms with Gasteiger partial charge in [-0.2, -0.15) is 0 Å². The van der Waals surface area contributed by atoms with E-state index in [0.717, 1.165) is 25.3 Å². The van der Waals surface area contributed by atoms with Gasteiger partial charge in [0.25, 0.3) is 0 Å². The third kappa shape index (κ3) is 3.07. The van der Waals surface area contributed by atoms with Crippen molar-refractivity contribution in [1.82, 2.24) is 5.32 Å². The Kier molecular flexibility index (Phi) is 4.43. The molecule has 0 saturated carbocycles. The molecule has 0 radical (unpaired) electrons. The molecule has 19 heavy (non-hydrogen) atoms. The smallest absolute Gasteiger partial charge is 0.337 e. The Balaban J connectivity index is 2.26. The van der Waals surface area contributed by atoms with Gasteiger partial charge >= 0.3 is 5.97 Å². The zero-order chi connectivity index (χ0) is 13.8. The van der Waals surface area contributed by atoms with Crippen LogP contribution < -0.4 is 10.2 Å². The molecule has 1 aromatic rings. The van der Waals surface area contributed by atoms with Crippen LogP contribution in [0.4, 0.5) is 5.69 Å². The van der Waals surface area contributed by atoms with E-state index in [4.69, 9.17) is 4.74 Å². The molecule has 1 aromatic carbocycles. The maximum absolute atomic E-state index is 11.6. The number of carbonyl (C=O) groups is 1. The predicted octanol–water partition coefficient (Wildman–Crippen LogP) is 1.91. The van der Waals surface area contributed by atoms with E-state index in [0.29, 0.717) is 17.5 Å². The standard InChI is InChI=1S/C15H22N2O2/c1-11(2)14-10-16-7-8-17(14)13-6-4-5-12(9-13)15(18)19-3/h4-6,9,11,14,16H,7-8,10H2,1-3H3. The fourth-order valence-corrected chi connectivity index (χ4v) is 2.57. The summed E-state index contributed by atoms with van der Waals surface area (Å²) < 4.78 is 4.78. The average Bonchev–Trinajstić information content (AvgIpc) is 2.46. The van der Waals surface area contributed by atoms with Crippen LogP contribution in [-0.2, 0) is 4.74 Å². The minimum Gasteiger partial charge on any atom is -0.465 e. The van der Waals surface area contributed by atoms with Gasteiger partial charge in [-0.15, -0.1) is 0 Å². The molecular weight excluding hydrogens is 240 g/mol. The van der Waals surface area contributed by atoms with Crippen molar-refractivity contribution < 1.29 is 9.53 Å². The first-order valence-electron chi connectivity index (χ1n) is 6.79. The Bertz CT molecular complexity index is 446. The highest BCUT2D eigenvalue weighted by molar-refractivity contribution is 5.90. The molecule has 1 fully saturated rings. The van der Waals surface area contributed by atoms with Crippen molar-refractivity contribution in [1.29, 1.82) is 0 Å². The Hall–Kier alpha value is -1.55. The molecule has 1 unspecified atom stereocenters. The number of carbonyl (C=O) groups excluding carboxylic acids is 1. The maximum Gasteiger partial charge on any atom is 0.337 e. The van der Waals surface area contributed by atoms with Crippen LogP contribution in [0.2, 0.25) is 0 Å². The number of ether oxygens (including phenoxy) is 1. The Morgan fingerprint density at radius 2 is 2.26 bits per heavy atom. The van der Waals surface area contributed by atoms with Crippen molar-refractivity contribution in [3.8, 4) is 0 Å². The quantitative estimate of drug-likeness (QED) is 0.845. The fourth-order valence-electron chi connectivity index (χ4n) is 2.57. The highest BCUT2D eigenvalue weighted by Crippen LogP contribution is 2.23. The summed E-state index contributed by atoms with van der Waals surface area (Å²) in [5.74, 6) is 0.285. The molecule has 1 aliphatic rings. The zero-order valence-corrected chi connectivity index (χ0v) is 11.8. The zero-order valence-electron chi connectivity index (χ0n) is 11.8. The SMILES string of the molecule is COC(=O)c1cccc(N2CCNCC2C(C)C)c1. The largest absolute Gasteiger partial charge is 0.465 e. The Morgan fingerprint density at radius 3 is 2.95 bits per heavy atom. The van der Waals surface area contributed by atoms with E-state index >= 15 is 0 Å². The van der Waals surface area contributed by atoms with Gasteiger partial charge < -0.3 is 15.0 Å². The fraction of sp³-hybridized carbons (Fsp3) is 0.533. The maximum atomic E-state index is 11.6. The third-order valence-electron chi connectivity index (χ3n) is 3.65. The molecule has 0 bridgehead atoms. The number of rotatable bonds is 3. The molecule has 1 atom stereocenters. The molecule has 4 heteroatoms. The lowest BCUT2D eigenvalue weighted by Crippen LogP contribution is -2.53. The number of hydrogen-bond acceptors (Lipinski definition) is 4. The van der Waals surface area contributed by atoms with E-state index in [-0.39, 0.29) is 5.97 Å².